The molecule has 3 aromatic rings. The number of aromatic nitrogens is 1. The van der Waals surface area contributed by atoms with Crippen LogP contribution in [-0.4, -0.2) is 35.4 Å². The van der Waals surface area contributed by atoms with E-state index in [9.17, 15) is 4.79 Å². The molecule has 0 saturated heterocycles. The van der Waals surface area contributed by atoms with Crippen LogP contribution in [0.2, 0.25) is 0 Å². The van der Waals surface area contributed by atoms with Crippen molar-refractivity contribution in [2.45, 2.75) is 45.9 Å². The second kappa shape index (κ2) is 9.64. The molecule has 2 aliphatic heterocycles. The highest BCUT2D eigenvalue weighted by molar-refractivity contribution is 5.92. The quantitative estimate of drug-likeness (QED) is 0.509. The standard InChI is InChI=1S/C25H27N3O6/c1-3-16(2)26-25(29)19-13-30-24(27-19)12-28(10-17-4-6-20-22(8-17)33-14-31-20)11-18-5-7-21-23(9-18)34-15-32-21/h4-9,13,16H,3,10-12,14-15H2,1-2H3,(H,26,29)/t16-/m0/s1. The lowest BCUT2D eigenvalue weighted by molar-refractivity contribution is 0.0934. The van der Waals surface area contributed by atoms with Crippen LogP contribution < -0.4 is 24.3 Å². The topological polar surface area (TPSA) is 95.3 Å². The second-order valence-corrected chi connectivity index (χ2v) is 8.43. The van der Waals surface area contributed by atoms with Crippen molar-refractivity contribution in [3.63, 3.8) is 0 Å². The molecule has 9 heteroatoms. The van der Waals surface area contributed by atoms with E-state index in [1.54, 1.807) is 0 Å². The molecule has 2 aliphatic rings. The van der Waals surface area contributed by atoms with Crippen LogP contribution >= 0.6 is 0 Å². The molecule has 0 radical (unpaired) electrons. The van der Waals surface area contributed by atoms with Gasteiger partial charge < -0.3 is 28.7 Å². The number of hydrogen-bond donors (Lipinski definition) is 1. The Kier molecular flexibility index (Phi) is 6.27. The summed E-state index contributed by atoms with van der Waals surface area (Å²) in [6, 6.07) is 11.9. The minimum absolute atomic E-state index is 0.0705. The van der Waals surface area contributed by atoms with E-state index >= 15 is 0 Å². The zero-order chi connectivity index (χ0) is 23.5. The fourth-order valence-corrected chi connectivity index (χ4v) is 3.84. The van der Waals surface area contributed by atoms with Crippen LogP contribution in [0.1, 0.15) is 47.8 Å². The van der Waals surface area contributed by atoms with Gasteiger partial charge in [-0.1, -0.05) is 19.1 Å². The maximum atomic E-state index is 12.4. The number of nitrogens with zero attached hydrogens (tertiary/aromatic N) is 2. The molecule has 1 amide bonds. The molecule has 0 saturated carbocycles. The Hall–Kier alpha value is -3.72. The SMILES string of the molecule is CC[C@H](C)NC(=O)c1coc(CN(Cc2ccc3c(c2)OCO3)Cc2ccc3c(c2)OCO3)n1. The van der Waals surface area contributed by atoms with Crippen molar-refractivity contribution >= 4 is 5.91 Å². The molecule has 5 rings (SSSR count). The van der Waals surface area contributed by atoms with Gasteiger partial charge in [0.05, 0.1) is 6.54 Å². The molecular weight excluding hydrogens is 438 g/mol. The van der Waals surface area contributed by atoms with Gasteiger partial charge in [0.15, 0.2) is 28.7 Å². The number of carbonyl (C=O) groups excluding carboxylic acids is 1. The van der Waals surface area contributed by atoms with E-state index in [4.69, 9.17) is 23.4 Å². The van der Waals surface area contributed by atoms with Crippen LogP contribution in [0, 0.1) is 0 Å². The van der Waals surface area contributed by atoms with Crippen LogP contribution in [0.15, 0.2) is 47.1 Å². The fraction of sp³-hybridized carbons (Fsp3) is 0.360. The first-order valence-electron chi connectivity index (χ1n) is 11.3. The second-order valence-electron chi connectivity index (χ2n) is 8.43. The van der Waals surface area contributed by atoms with E-state index in [1.165, 1.54) is 6.26 Å². The third kappa shape index (κ3) is 4.94. The summed E-state index contributed by atoms with van der Waals surface area (Å²) in [6.45, 7) is 6.08. The number of hydrogen-bond acceptors (Lipinski definition) is 8. The van der Waals surface area contributed by atoms with E-state index < -0.39 is 0 Å². The first-order chi connectivity index (χ1) is 16.6. The summed E-state index contributed by atoms with van der Waals surface area (Å²) in [4.78, 5) is 19.0. The normalized spacial score (nSPS) is 14.4. The maximum Gasteiger partial charge on any atom is 0.273 e. The minimum atomic E-state index is -0.234. The van der Waals surface area contributed by atoms with Crippen LogP contribution in [-0.2, 0) is 19.6 Å². The fourth-order valence-electron chi connectivity index (χ4n) is 3.84. The molecule has 1 atom stereocenters. The van der Waals surface area contributed by atoms with Crippen molar-refractivity contribution < 1.29 is 28.2 Å². The smallest absolute Gasteiger partial charge is 0.273 e. The molecule has 0 aliphatic carbocycles. The lowest BCUT2D eigenvalue weighted by Gasteiger charge is -2.21. The van der Waals surface area contributed by atoms with Gasteiger partial charge in [0.1, 0.15) is 6.26 Å². The highest BCUT2D eigenvalue weighted by Crippen LogP contribution is 2.34. The third-order valence-electron chi connectivity index (χ3n) is 5.82. The molecule has 9 nitrogen and oxygen atoms in total. The molecule has 1 N–H and O–H groups in total. The van der Waals surface area contributed by atoms with Gasteiger partial charge in [-0.25, -0.2) is 4.98 Å². The molecular formula is C25H27N3O6. The summed E-state index contributed by atoms with van der Waals surface area (Å²) in [5.41, 5.74) is 2.40. The highest BCUT2D eigenvalue weighted by atomic mass is 16.7. The minimum Gasteiger partial charge on any atom is -0.454 e. The molecule has 178 valence electrons. The Balaban J connectivity index is 1.34. The lowest BCUT2D eigenvalue weighted by atomic mass is 10.1. The number of fused-ring (bicyclic) bond motifs is 2. The Bertz CT molecular complexity index is 1120. The molecule has 0 unspecified atom stereocenters. The van der Waals surface area contributed by atoms with Crippen molar-refractivity contribution in [1.29, 1.82) is 0 Å². The monoisotopic (exact) mass is 465 g/mol. The van der Waals surface area contributed by atoms with Gasteiger partial charge in [0.25, 0.3) is 5.91 Å². The summed E-state index contributed by atoms with van der Waals surface area (Å²) in [7, 11) is 0. The van der Waals surface area contributed by atoms with Gasteiger partial charge in [0.2, 0.25) is 19.5 Å². The molecule has 1 aromatic heterocycles. The maximum absolute atomic E-state index is 12.4. The molecule has 3 heterocycles. The van der Waals surface area contributed by atoms with Crippen LogP contribution in [0.25, 0.3) is 0 Å². The van der Waals surface area contributed by atoms with Crippen molar-refractivity contribution in [3.05, 3.63) is 65.4 Å². The van der Waals surface area contributed by atoms with Crippen molar-refractivity contribution in [1.82, 2.24) is 15.2 Å². The van der Waals surface area contributed by atoms with Crippen molar-refractivity contribution in [2.75, 3.05) is 13.6 Å². The summed E-state index contributed by atoms with van der Waals surface area (Å²) in [6.07, 6.45) is 2.25. The molecule has 0 bridgehead atoms. The number of oxazole rings is 1. The zero-order valence-corrected chi connectivity index (χ0v) is 19.2. The number of ether oxygens (including phenoxy) is 4. The van der Waals surface area contributed by atoms with E-state index in [2.05, 4.69) is 15.2 Å². The summed E-state index contributed by atoms with van der Waals surface area (Å²) in [5, 5.41) is 2.91. The van der Waals surface area contributed by atoms with E-state index in [1.807, 2.05) is 50.2 Å². The summed E-state index contributed by atoms with van der Waals surface area (Å²) < 4.78 is 27.6. The number of nitrogens with one attached hydrogen (secondary N) is 1. The Morgan fingerprint density at radius 3 is 2.12 bits per heavy atom. The van der Waals surface area contributed by atoms with Crippen LogP contribution in [0.4, 0.5) is 0 Å². The Morgan fingerprint density at radius 1 is 0.941 bits per heavy atom. The molecule has 34 heavy (non-hydrogen) atoms. The Morgan fingerprint density at radius 2 is 1.53 bits per heavy atom. The van der Waals surface area contributed by atoms with Gasteiger partial charge in [-0.3, -0.25) is 9.69 Å². The van der Waals surface area contributed by atoms with E-state index in [-0.39, 0.29) is 31.2 Å². The first kappa shape index (κ1) is 22.1. The Labute approximate surface area is 197 Å². The van der Waals surface area contributed by atoms with Crippen molar-refractivity contribution in [2.24, 2.45) is 0 Å². The average molecular weight is 466 g/mol. The largest absolute Gasteiger partial charge is 0.454 e. The number of benzene rings is 2. The summed E-state index contributed by atoms with van der Waals surface area (Å²) in [5.74, 6) is 3.20. The van der Waals surface area contributed by atoms with Gasteiger partial charge in [-0.2, -0.15) is 0 Å². The number of rotatable bonds is 9. The number of carbonyl (C=O) groups is 1. The predicted octanol–water partition coefficient (Wildman–Crippen LogP) is 3.86. The van der Waals surface area contributed by atoms with E-state index in [0.717, 1.165) is 40.5 Å². The van der Waals surface area contributed by atoms with Gasteiger partial charge in [-0.05, 0) is 48.7 Å². The number of amides is 1. The third-order valence-corrected chi connectivity index (χ3v) is 5.82. The predicted molar refractivity (Wildman–Crippen MR) is 122 cm³/mol. The van der Waals surface area contributed by atoms with Crippen LogP contribution in [0.5, 0.6) is 23.0 Å². The average Bonchev–Trinajstić information content (AvgIpc) is 3.59. The van der Waals surface area contributed by atoms with Gasteiger partial charge in [0, 0.05) is 19.1 Å². The highest BCUT2D eigenvalue weighted by Gasteiger charge is 2.20. The first-order valence-corrected chi connectivity index (χ1v) is 11.3. The molecule has 0 spiro atoms. The van der Waals surface area contributed by atoms with Gasteiger partial charge >= 0.3 is 0 Å². The summed E-state index contributed by atoms with van der Waals surface area (Å²) >= 11 is 0. The van der Waals surface area contributed by atoms with E-state index in [0.29, 0.717) is 25.5 Å². The van der Waals surface area contributed by atoms with Crippen LogP contribution in [0.3, 0.4) is 0 Å². The lowest BCUT2D eigenvalue weighted by Crippen LogP contribution is -2.32. The molecule has 0 fully saturated rings. The zero-order valence-electron chi connectivity index (χ0n) is 19.2. The molecule has 2 aromatic carbocycles. The van der Waals surface area contributed by atoms with Gasteiger partial charge in [-0.15, -0.1) is 0 Å². The van der Waals surface area contributed by atoms with Crippen molar-refractivity contribution in [3.8, 4) is 23.0 Å².